The van der Waals surface area contributed by atoms with E-state index in [1.54, 1.807) is 7.05 Å². The van der Waals surface area contributed by atoms with Crippen LogP contribution in [0, 0.1) is 11.3 Å². The summed E-state index contributed by atoms with van der Waals surface area (Å²) in [6, 6.07) is 9.45. The van der Waals surface area contributed by atoms with Gasteiger partial charge in [-0.3, -0.25) is 4.79 Å². The Morgan fingerprint density at radius 2 is 2.28 bits per heavy atom. The van der Waals surface area contributed by atoms with Gasteiger partial charge < -0.3 is 9.42 Å². The van der Waals surface area contributed by atoms with Crippen molar-refractivity contribution in [3.05, 3.63) is 30.0 Å². The number of nitriles is 1. The molecule has 0 bridgehead atoms. The number of carbonyl (C=O) groups is 1. The van der Waals surface area contributed by atoms with Crippen LogP contribution < -0.4 is 0 Å². The molecular formula is C13H13N3O2. The third kappa shape index (κ3) is 2.48. The molecule has 2 rings (SSSR count). The van der Waals surface area contributed by atoms with Gasteiger partial charge in [0.1, 0.15) is 5.69 Å². The van der Waals surface area contributed by atoms with Gasteiger partial charge in [-0.05, 0) is 12.1 Å². The van der Waals surface area contributed by atoms with Crippen molar-refractivity contribution in [3.63, 3.8) is 0 Å². The van der Waals surface area contributed by atoms with E-state index in [0.717, 1.165) is 5.39 Å². The molecule has 92 valence electrons. The van der Waals surface area contributed by atoms with Gasteiger partial charge in [0.15, 0.2) is 5.58 Å². The van der Waals surface area contributed by atoms with E-state index in [4.69, 9.17) is 9.78 Å². The maximum atomic E-state index is 11.9. The number of aromatic nitrogens is 1. The zero-order chi connectivity index (χ0) is 13.0. The van der Waals surface area contributed by atoms with Gasteiger partial charge in [-0.15, -0.1) is 0 Å². The Morgan fingerprint density at radius 3 is 3.06 bits per heavy atom. The first-order chi connectivity index (χ1) is 8.72. The minimum Gasteiger partial charge on any atom is -0.356 e. The first-order valence-electron chi connectivity index (χ1n) is 5.66. The summed E-state index contributed by atoms with van der Waals surface area (Å²) in [5.41, 5.74) is 1.32. The van der Waals surface area contributed by atoms with E-state index in [2.05, 4.69) is 5.16 Å². The molecule has 0 aliphatic heterocycles. The highest BCUT2D eigenvalue weighted by atomic mass is 16.5. The molecule has 0 N–H and O–H groups in total. The highest BCUT2D eigenvalue weighted by Gasteiger charge is 2.14. The molecule has 1 aromatic carbocycles. The van der Waals surface area contributed by atoms with Crippen LogP contribution in [0.1, 0.15) is 12.1 Å². The molecule has 1 amide bonds. The standard InChI is InChI=1S/C13H13N3O2/c1-16(8-4-7-14)13(17)9-11-10-5-2-3-6-12(10)18-15-11/h2-3,5-6H,4,8-9H2,1H3. The second kappa shape index (κ2) is 5.32. The number of fused-ring (bicyclic) bond motifs is 1. The lowest BCUT2D eigenvalue weighted by molar-refractivity contribution is -0.129. The van der Waals surface area contributed by atoms with Crippen LogP contribution in [0.15, 0.2) is 28.8 Å². The zero-order valence-corrected chi connectivity index (χ0v) is 10.1. The lowest BCUT2D eigenvalue weighted by Gasteiger charge is -2.14. The maximum Gasteiger partial charge on any atom is 0.228 e. The van der Waals surface area contributed by atoms with E-state index in [1.165, 1.54) is 4.90 Å². The highest BCUT2D eigenvalue weighted by molar-refractivity contribution is 5.86. The highest BCUT2D eigenvalue weighted by Crippen LogP contribution is 2.18. The quantitative estimate of drug-likeness (QED) is 0.820. The van der Waals surface area contributed by atoms with Crippen LogP contribution in [0.4, 0.5) is 0 Å². The summed E-state index contributed by atoms with van der Waals surface area (Å²) in [6.45, 7) is 0.436. The molecule has 2 aromatic rings. The van der Waals surface area contributed by atoms with Crippen LogP contribution >= 0.6 is 0 Å². The van der Waals surface area contributed by atoms with Crippen molar-refractivity contribution in [2.24, 2.45) is 0 Å². The van der Waals surface area contributed by atoms with Crippen LogP contribution in [0.25, 0.3) is 11.0 Å². The number of nitrogens with zero attached hydrogens (tertiary/aromatic N) is 3. The van der Waals surface area contributed by atoms with Crippen LogP contribution in [-0.2, 0) is 11.2 Å². The predicted molar refractivity (Wildman–Crippen MR) is 65.6 cm³/mol. The number of likely N-dealkylation sites (N-methyl/N-ethyl adjacent to an activating group) is 1. The Morgan fingerprint density at radius 1 is 1.50 bits per heavy atom. The minimum atomic E-state index is -0.0655. The van der Waals surface area contributed by atoms with Crippen molar-refractivity contribution >= 4 is 16.9 Å². The molecular weight excluding hydrogens is 230 g/mol. The Bertz CT molecular complexity index is 598. The molecule has 5 heteroatoms. The van der Waals surface area contributed by atoms with Gasteiger partial charge in [-0.1, -0.05) is 17.3 Å². The lowest BCUT2D eigenvalue weighted by atomic mass is 10.1. The minimum absolute atomic E-state index is 0.0655. The van der Waals surface area contributed by atoms with Crippen LogP contribution in [0.2, 0.25) is 0 Å². The number of hydrogen-bond acceptors (Lipinski definition) is 4. The number of rotatable bonds is 4. The second-order valence-electron chi connectivity index (χ2n) is 4.03. The Kier molecular flexibility index (Phi) is 3.58. The predicted octanol–water partition coefficient (Wildman–Crippen LogP) is 1.74. The topological polar surface area (TPSA) is 70.1 Å². The fourth-order valence-corrected chi connectivity index (χ4v) is 1.69. The molecule has 0 atom stereocenters. The van der Waals surface area contributed by atoms with E-state index < -0.39 is 0 Å². The fraction of sp³-hybridized carbons (Fsp3) is 0.308. The summed E-state index contributed by atoms with van der Waals surface area (Å²) in [7, 11) is 1.68. The van der Waals surface area contributed by atoms with Crippen LogP contribution in [0.5, 0.6) is 0 Å². The van der Waals surface area contributed by atoms with Gasteiger partial charge >= 0.3 is 0 Å². The van der Waals surface area contributed by atoms with Gasteiger partial charge in [-0.25, -0.2) is 0 Å². The molecule has 0 aliphatic carbocycles. The van der Waals surface area contributed by atoms with Crippen LogP contribution in [0.3, 0.4) is 0 Å². The monoisotopic (exact) mass is 243 g/mol. The molecule has 0 unspecified atom stereocenters. The third-order valence-electron chi connectivity index (χ3n) is 2.76. The Hall–Kier alpha value is -2.35. The second-order valence-corrected chi connectivity index (χ2v) is 4.03. The summed E-state index contributed by atoms with van der Waals surface area (Å²) in [5.74, 6) is -0.0655. The summed E-state index contributed by atoms with van der Waals surface area (Å²) < 4.78 is 5.14. The van der Waals surface area contributed by atoms with E-state index in [1.807, 2.05) is 30.3 Å². The molecule has 0 saturated carbocycles. The lowest BCUT2D eigenvalue weighted by Crippen LogP contribution is -2.29. The molecule has 1 aromatic heterocycles. The Labute approximate surface area is 105 Å². The normalized spacial score (nSPS) is 10.2. The number of benzene rings is 1. The van der Waals surface area contributed by atoms with Gasteiger partial charge in [0.25, 0.3) is 0 Å². The molecule has 0 spiro atoms. The molecule has 0 radical (unpaired) electrons. The van der Waals surface area contributed by atoms with Crippen molar-refractivity contribution in [2.75, 3.05) is 13.6 Å². The molecule has 18 heavy (non-hydrogen) atoms. The largest absolute Gasteiger partial charge is 0.356 e. The molecule has 0 fully saturated rings. The smallest absolute Gasteiger partial charge is 0.228 e. The Balaban J connectivity index is 2.10. The number of carbonyl (C=O) groups excluding carboxylic acids is 1. The van der Waals surface area contributed by atoms with Crippen molar-refractivity contribution in [3.8, 4) is 6.07 Å². The molecule has 0 aliphatic rings. The first-order valence-corrected chi connectivity index (χ1v) is 5.66. The zero-order valence-electron chi connectivity index (χ0n) is 10.1. The van der Waals surface area contributed by atoms with Crippen molar-refractivity contribution in [1.29, 1.82) is 5.26 Å². The van der Waals surface area contributed by atoms with E-state index in [0.29, 0.717) is 24.2 Å². The maximum absolute atomic E-state index is 11.9. The van der Waals surface area contributed by atoms with Gasteiger partial charge in [0.05, 0.1) is 18.9 Å². The van der Waals surface area contributed by atoms with Crippen molar-refractivity contribution in [2.45, 2.75) is 12.8 Å². The van der Waals surface area contributed by atoms with Crippen molar-refractivity contribution < 1.29 is 9.32 Å². The third-order valence-corrected chi connectivity index (χ3v) is 2.76. The molecule has 1 heterocycles. The fourth-order valence-electron chi connectivity index (χ4n) is 1.69. The van der Waals surface area contributed by atoms with Crippen LogP contribution in [-0.4, -0.2) is 29.6 Å². The van der Waals surface area contributed by atoms with E-state index in [9.17, 15) is 4.79 Å². The molecule has 5 nitrogen and oxygen atoms in total. The summed E-state index contributed by atoms with van der Waals surface area (Å²) >= 11 is 0. The van der Waals surface area contributed by atoms with Gasteiger partial charge in [-0.2, -0.15) is 5.26 Å². The summed E-state index contributed by atoms with van der Waals surface area (Å²) in [4.78, 5) is 13.4. The SMILES string of the molecule is CN(CCC#N)C(=O)Cc1noc2ccccc12. The average Bonchev–Trinajstić information content (AvgIpc) is 2.79. The van der Waals surface area contributed by atoms with Crippen molar-refractivity contribution in [1.82, 2.24) is 10.1 Å². The van der Waals surface area contributed by atoms with Gasteiger partial charge in [0, 0.05) is 19.0 Å². The average molecular weight is 243 g/mol. The van der Waals surface area contributed by atoms with Gasteiger partial charge in [0.2, 0.25) is 5.91 Å². The van der Waals surface area contributed by atoms with E-state index in [-0.39, 0.29) is 12.3 Å². The summed E-state index contributed by atoms with van der Waals surface area (Å²) in [6.07, 6.45) is 0.529. The number of para-hydroxylation sites is 1. The summed E-state index contributed by atoms with van der Waals surface area (Å²) in [5, 5.41) is 13.3. The number of hydrogen-bond donors (Lipinski definition) is 0. The van der Waals surface area contributed by atoms with E-state index >= 15 is 0 Å². The first kappa shape index (κ1) is 12.1. The molecule has 0 saturated heterocycles. The number of amides is 1.